The molecule has 3 rings (SSSR count). The van der Waals surface area contributed by atoms with Crippen LogP contribution in [0, 0.1) is 0 Å². The Hall–Kier alpha value is -3.09. The molecule has 1 heterocycles. The molecule has 2 aromatic carbocycles. The van der Waals surface area contributed by atoms with Crippen molar-refractivity contribution < 1.29 is 42.7 Å². The molecule has 2 bridgehead atoms. The van der Waals surface area contributed by atoms with E-state index < -0.39 is 5.91 Å². The van der Waals surface area contributed by atoms with Crippen molar-refractivity contribution in [1.82, 2.24) is 5.43 Å². The van der Waals surface area contributed by atoms with E-state index in [1.165, 1.54) is 0 Å². The summed E-state index contributed by atoms with van der Waals surface area (Å²) >= 11 is 0. The van der Waals surface area contributed by atoms with Crippen LogP contribution in [0.3, 0.4) is 0 Å². The van der Waals surface area contributed by atoms with E-state index >= 15 is 0 Å². The van der Waals surface area contributed by atoms with Crippen molar-refractivity contribution in [2.75, 3.05) is 79.3 Å². The van der Waals surface area contributed by atoms with Gasteiger partial charge in [0.2, 0.25) is 0 Å². The third-order valence-electron chi connectivity index (χ3n) is 4.83. The van der Waals surface area contributed by atoms with Crippen molar-refractivity contribution in [2.24, 2.45) is 5.84 Å². The lowest BCUT2D eigenvalue weighted by Crippen LogP contribution is -2.30. The minimum atomic E-state index is -0.452. The summed E-state index contributed by atoms with van der Waals surface area (Å²) in [6.07, 6.45) is 0. The molecule has 1 aliphatic rings. The Bertz CT molecular complexity index is 852. The Morgan fingerprint density at radius 3 is 1.39 bits per heavy atom. The van der Waals surface area contributed by atoms with Crippen molar-refractivity contribution in [3.63, 3.8) is 0 Å². The third-order valence-corrected chi connectivity index (χ3v) is 4.83. The van der Waals surface area contributed by atoms with Crippen LogP contribution in [0.15, 0.2) is 42.5 Å². The summed E-state index contributed by atoms with van der Waals surface area (Å²) in [6, 6.07) is 12.3. The highest BCUT2D eigenvalue weighted by Crippen LogP contribution is 2.26. The Morgan fingerprint density at radius 2 is 0.972 bits per heavy atom. The molecule has 3 N–H and O–H groups in total. The Labute approximate surface area is 210 Å². The van der Waals surface area contributed by atoms with Gasteiger partial charge in [-0.1, -0.05) is 12.1 Å². The van der Waals surface area contributed by atoms with Gasteiger partial charge in [0, 0.05) is 11.6 Å². The first kappa shape index (κ1) is 27.5. The molecule has 11 nitrogen and oxygen atoms in total. The summed E-state index contributed by atoms with van der Waals surface area (Å²) in [4.78, 5) is 12.0. The molecular formula is C25H34N2O9. The predicted octanol–water partition coefficient (Wildman–Crippen LogP) is 1.59. The van der Waals surface area contributed by atoms with Gasteiger partial charge in [0.25, 0.3) is 5.91 Å². The van der Waals surface area contributed by atoms with Gasteiger partial charge in [0.05, 0.1) is 52.9 Å². The Balaban J connectivity index is 1.51. The molecular weight excluding hydrogens is 472 g/mol. The number of nitrogens with two attached hydrogens (primary N) is 1. The summed E-state index contributed by atoms with van der Waals surface area (Å²) in [5.41, 5.74) is 2.43. The van der Waals surface area contributed by atoms with Gasteiger partial charge in [-0.25, -0.2) is 5.84 Å². The second-order valence-electron chi connectivity index (χ2n) is 7.46. The van der Waals surface area contributed by atoms with E-state index in [0.717, 1.165) is 0 Å². The fourth-order valence-electron chi connectivity index (χ4n) is 3.14. The fraction of sp³-hybridized carbons (Fsp3) is 0.480. The van der Waals surface area contributed by atoms with Crippen molar-refractivity contribution >= 4 is 5.91 Å². The second kappa shape index (κ2) is 16.6. The Morgan fingerprint density at radius 1 is 0.583 bits per heavy atom. The largest absolute Gasteiger partial charge is 0.491 e. The van der Waals surface area contributed by atoms with Gasteiger partial charge in [-0.15, -0.1) is 0 Å². The van der Waals surface area contributed by atoms with Crippen molar-refractivity contribution in [2.45, 2.75) is 0 Å². The minimum Gasteiger partial charge on any atom is -0.491 e. The molecule has 0 fully saturated rings. The molecule has 0 saturated carbocycles. The van der Waals surface area contributed by atoms with Crippen molar-refractivity contribution in [1.29, 1.82) is 0 Å². The minimum absolute atomic E-state index is 0.288. The molecule has 1 aliphatic heterocycles. The number of carbonyl (C=O) groups is 1. The van der Waals surface area contributed by atoms with E-state index in [1.807, 2.05) is 24.3 Å². The van der Waals surface area contributed by atoms with E-state index in [1.54, 1.807) is 18.2 Å². The average Bonchev–Trinajstić information content (AvgIpc) is 2.90. The third kappa shape index (κ3) is 10.3. The first-order valence-corrected chi connectivity index (χ1v) is 11.8. The number of fused-ring (bicyclic) bond motifs is 3. The first-order chi connectivity index (χ1) is 17.8. The predicted molar refractivity (Wildman–Crippen MR) is 130 cm³/mol. The van der Waals surface area contributed by atoms with Crippen LogP contribution in [0.2, 0.25) is 0 Å². The molecule has 0 spiro atoms. The number of hydrogen-bond donors (Lipinski definition) is 2. The summed E-state index contributed by atoms with van der Waals surface area (Å²) in [7, 11) is 0. The zero-order valence-electron chi connectivity index (χ0n) is 20.3. The van der Waals surface area contributed by atoms with Crippen LogP contribution in [0.25, 0.3) is 0 Å². The van der Waals surface area contributed by atoms with E-state index in [-0.39, 0.29) is 13.2 Å². The van der Waals surface area contributed by atoms with Gasteiger partial charge >= 0.3 is 0 Å². The number of rotatable bonds is 1. The molecule has 0 radical (unpaired) electrons. The van der Waals surface area contributed by atoms with Crippen LogP contribution in [0.5, 0.6) is 23.0 Å². The average molecular weight is 507 g/mol. The number of carbonyl (C=O) groups excluding carboxylic acids is 1. The number of nitrogen functional groups attached to an aromatic ring is 1. The molecule has 0 aliphatic carbocycles. The number of ether oxygens (including phenoxy) is 8. The molecule has 0 atom stereocenters. The highest BCUT2D eigenvalue weighted by atomic mass is 16.6. The number of hydrazine groups is 1. The number of para-hydroxylation sites is 2. The molecule has 1 amide bonds. The lowest BCUT2D eigenvalue weighted by atomic mass is 10.2. The maximum Gasteiger partial charge on any atom is 0.265 e. The lowest BCUT2D eigenvalue weighted by molar-refractivity contribution is 0.0253. The molecule has 0 aromatic heterocycles. The van der Waals surface area contributed by atoms with Crippen LogP contribution >= 0.6 is 0 Å². The number of benzene rings is 2. The second-order valence-corrected chi connectivity index (χ2v) is 7.46. The molecule has 0 saturated heterocycles. The molecule has 2 aromatic rings. The topological polar surface area (TPSA) is 129 Å². The number of hydrogen-bond acceptors (Lipinski definition) is 10. The van der Waals surface area contributed by atoms with Crippen LogP contribution < -0.4 is 30.2 Å². The van der Waals surface area contributed by atoms with Crippen LogP contribution in [0.1, 0.15) is 10.4 Å². The van der Waals surface area contributed by atoms with Gasteiger partial charge in [0.1, 0.15) is 37.9 Å². The summed E-state index contributed by atoms with van der Waals surface area (Å²) in [5.74, 6) is 7.05. The SMILES string of the molecule is NNC(=O)c1cc2cc(c1)OCCOCCOCCOc1ccccc1OCCOCCOCCO2. The van der Waals surface area contributed by atoms with Crippen molar-refractivity contribution in [3.8, 4) is 23.0 Å². The van der Waals surface area contributed by atoms with Gasteiger partial charge in [-0.3, -0.25) is 10.2 Å². The zero-order valence-corrected chi connectivity index (χ0v) is 20.3. The van der Waals surface area contributed by atoms with Crippen LogP contribution in [0.4, 0.5) is 0 Å². The van der Waals surface area contributed by atoms with E-state index in [4.69, 9.17) is 43.7 Å². The normalized spacial score (nSPS) is 17.4. The maximum absolute atomic E-state index is 12.0. The van der Waals surface area contributed by atoms with E-state index in [0.29, 0.717) is 94.6 Å². The van der Waals surface area contributed by atoms with Crippen LogP contribution in [-0.2, 0) is 18.9 Å². The first-order valence-electron chi connectivity index (χ1n) is 11.8. The molecule has 36 heavy (non-hydrogen) atoms. The summed E-state index contributed by atoms with van der Waals surface area (Å²) < 4.78 is 45.2. The molecule has 198 valence electrons. The fourth-order valence-corrected chi connectivity index (χ4v) is 3.14. The molecule has 11 heteroatoms. The van der Waals surface area contributed by atoms with Gasteiger partial charge in [-0.2, -0.15) is 0 Å². The van der Waals surface area contributed by atoms with Crippen molar-refractivity contribution in [3.05, 3.63) is 48.0 Å². The quantitative estimate of drug-likeness (QED) is 0.334. The summed E-state index contributed by atoms with van der Waals surface area (Å²) in [6.45, 7) is 4.53. The standard InChI is InChI=1S/C25H34N2O9/c26-27-25(28)20-17-21-19-22(18-20)34-14-10-30-6-8-32-12-16-36-24-4-2-1-3-23(24)35-15-11-31-7-5-29-9-13-33-21/h1-4,17-19H,5-16,26H2,(H,27,28). The monoisotopic (exact) mass is 506 g/mol. The summed E-state index contributed by atoms with van der Waals surface area (Å²) in [5, 5.41) is 0. The van der Waals surface area contributed by atoms with E-state index in [9.17, 15) is 4.79 Å². The van der Waals surface area contributed by atoms with Gasteiger partial charge in [-0.05, 0) is 24.3 Å². The number of amides is 1. The zero-order chi connectivity index (χ0) is 25.3. The van der Waals surface area contributed by atoms with Gasteiger partial charge < -0.3 is 37.9 Å². The maximum atomic E-state index is 12.0. The number of nitrogens with one attached hydrogen (secondary N) is 1. The Kier molecular flexibility index (Phi) is 12.6. The highest BCUT2D eigenvalue weighted by Gasteiger charge is 2.10. The smallest absolute Gasteiger partial charge is 0.265 e. The lowest BCUT2D eigenvalue weighted by Gasteiger charge is -2.13. The van der Waals surface area contributed by atoms with Crippen LogP contribution in [-0.4, -0.2) is 85.2 Å². The highest BCUT2D eigenvalue weighted by molar-refractivity contribution is 5.94. The molecule has 0 unspecified atom stereocenters. The van der Waals surface area contributed by atoms with Gasteiger partial charge in [0.15, 0.2) is 11.5 Å². The van der Waals surface area contributed by atoms with E-state index in [2.05, 4.69) is 5.43 Å².